The topological polar surface area (TPSA) is 38.3 Å². The van der Waals surface area contributed by atoms with Crippen molar-refractivity contribution in [2.45, 2.75) is 38.1 Å². The van der Waals surface area contributed by atoms with Crippen molar-refractivity contribution in [3.05, 3.63) is 0 Å². The van der Waals surface area contributed by atoms with E-state index >= 15 is 0 Å². The van der Waals surface area contributed by atoms with Gasteiger partial charge in [0, 0.05) is 0 Å². The molecule has 2 aliphatic rings. The average Bonchev–Trinajstić information content (AvgIpc) is 2.86. The van der Waals surface area contributed by atoms with Crippen LogP contribution in [0.4, 0.5) is 0 Å². The molecule has 0 amide bonds. The Morgan fingerprint density at radius 3 is 2.64 bits per heavy atom. The van der Waals surface area contributed by atoms with Crippen LogP contribution in [0.3, 0.4) is 0 Å². The molecule has 1 aliphatic heterocycles. The molecule has 0 aromatic rings. The number of hydrogen-bond acceptors (Lipinski definition) is 3. The molecule has 0 aromatic carbocycles. The molecular weight excluding hydrogens is 178 g/mol. The van der Waals surface area contributed by atoms with E-state index in [0.717, 1.165) is 18.9 Å². The second-order valence-electron chi connectivity index (χ2n) is 4.52. The fourth-order valence-corrected chi connectivity index (χ4v) is 2.87. The van der Waals surface area contributed by atoms with Gasteiger partial charge in [-0.3, -0.25) is 4.79 Å². The zero-order valence-corrected chi connectivity index (χ0v) is 8.79. The molecule has 1 saturated carbocycles. The second kappa shape index (κ2) is 4.30. The summed E-state index contributed by atoms with van der Waals surface area (Å²) in [5.74, 6) is 1.48. The van der Waals surface area contributed by atoms with Gasteiger partial charge in [0.1, 0.15) is 6.04 Å². The summed E-state index contributed by atoms with van der Waals surface area (Å²) in [6.07, 6.45) is 6.46. The molecule has 1 heterocycles. The third-order valence-electron chi connectivity index (χ3n) is 3.72. The summed E-state index contributed by atoms with van der Waals surface area (Å²) < 4.78 is 4.74. The van der Waals surface area contributed by atoms with Crippen LogP contribution < -0.4 is 5.32 Å². The zero-order valence-electron chi connectivity index (χ0n) is 8.79. The Balaban J connectivity index is 1.84. The Bertz CT molecular complexity index is 211. The van der Waals surface area contributed by atoms with Gasteiger partial charge in [0.05, 0.1) is 7.11 Å². The highest BCUT2D eigenvalue weighted by Gasteiger charge is 2.35. The Morgan fingerprint density at radius 2 is 2.00 bits per heavy atom. The highest BCUT2D eigenvalue weighted by molar-refractivity contribution is 5.76. The predicted molar refractivity (Wildman–Crippen MR) is 53.9 cm³/mol. The van der Waals surface area contributed by atoms with Crippen molar-refractivity contribution >= 4 is 5.97 Å². The van der Waals surface area contributed by atoms with E-state index in [1.807, 2.05) is 0 Å². The molecule has 0 spiro atoms. The van der Waals surface area contributed by atoms with Crippen LogP contribution in [0.5, 0.6) is 0 Å². The SMILES string of the molecule is COC(=O)C1CC(C2CCCC2)CN1. The first-order valence-electron chi connectivity index (χ1n) is 5.62. The van der Waals surface area contributed by atoms with Gasteiger partial charge in [-0.2, -0.15) is 0 Å². The van der Waals surface area contributed by atoms with Crippen molar-refractivity contribution in [3.63, 3.8) is 0 Å². The summed E-state index contributed by atoms with van der Waals surface area (Å²) in [7, 11) is 1.47. The highest BCUT2D eigenvalue weighted by atomic mass is 16.5. The van der Waals surface area contributed by atoms with E-state index < -0.39 is 0 Å². The van der Waals surface area contributed by atoms with Gasteiger partial charge < -0.3 is 10.1 Å². The lowest BCUT2D eigenvalue weighted by atomic mass is 9.89. The summed E-state index contributed by atoms with van der Waals surface area (Å²) in [5, 5.41) is 3.26. The lowest BCUT2D eigenvalue weighted by Crippen LogP contribution is -2.31. The van der Waals surface area contributed by atoms with Crippen LogP contribution in [0, 0.1) is 11.8 Å². The van der Waals surface area contributed by atoms with Crippen LogP contribution in [0.1, 0.15) is 32.1 Å². The quantitative estimate of drug-likeness (QED) is 0.679. The van der Waals surface area contributed by atoms with E-state index in [-0.39, 0.29) is 12.0 Å². The van der Waals surface area contributed by atoms with Crippen molar-refractivity contribution < 1.29 is 9.53 Å². The molecule has 80 valence electrons. The molecule has 1 aliphatic carbocycles. The maximum absolute atomic E-state index is 11.3. The van der Waals surface area contributed by atoms with Gasteiger partial charge in [-0.25, -0.2) is 0 Å². The number of ether oxygens (including phenoxy) is 1. The van der Waals surface area contributed by atoms with E-state index in [0.29, 0.717) is 5.92 Å². The monoisotopic (exact) mass is 197 g/mol. The molecular formula is C11H19NO2. The molecule has 0 radical (unpaired) electrons. The first-order chi connectivity index (χ1) is 6.81. The van der Waals surface area contributed by atoms with Gasteiger partial charge in [-0.15, -0.1) is 0 Å². The van der Waals surface area contributed by atoms with E-state index in [4.69, 9.17) is 4.74 Å². The van der Waals surface area contributed by atoms with Crippen LogP contribution in [0.25, 0.3) is 0 Å². The lowest BCUT2D eigenvalue weighted by Gasteiger charge is -2.16. The Hall–Kier alpha value is -0.570. The van der Waals surface area contributed by atoms with Gasteiger partial charge >= 0.3 is 5.97 Å². The number of rotatable bonds is 2. The Kier molecular flexibility index (Phi) is 3.06. The predicted octanol–water partition coefficient (Wildman–Crippen LogP) is 1.33. The van der Waals surface area contributed by atoms with E-state index in [1.54, 1.807) is 0 Å². The van der Waals surface area contributed by atoms with Crippen LogP contribution in [-0.2, 0) is 9.53 Å². The van der Waals surface area contributed by atoms with E-state index in [2.05, 4.69) is 5.32 Å². The Morgan fingerprint density at radius 1 is 1.29 bits per heavy atom. The molecule has 2 atom stereocenters. The molecule has 0 bridgehead atoms. The minimum Gasteiger partial charge on any atom is -0.468 e. The standard InChI is InChI=1S/C11H19NO2/c1-14-11(13)10-6-9(7-12-10)8-4-2-3-5-8/h8-10,12H,2-7H2,1H3. The van der Waals surface area contributed by atoms with Crippen molar-refractivity contribution in [1.29, 1.82) is 0 Å². The normalized spacial score (nSPS) is 33.5. The summed E-state index contributed by atoms with van der Waals surface area (Å²) in [6, 6.07) is -0.0365. The van der Waals surface area contributed by atoms with E-state index in [1.165, 1.54) is 32.8 Å². The first-order valence-corrected chi connectivity index (χ1v) is 5.62. The minimum absolute atomic E-state index is 0.0365. The van der Waals surface area contributed by atoms with Crippen molar-refractivity contribution in [1.82, 2.24) is 5.32 Å². The highest BCUT2D eigenvalue weighted by Crippen LogP contribution is 2.35. The van der Waals surface area contributed by atoms with Crippen molar-refractivity contribution in [2.24, 2.45) is 11.8 Å². The number of carbonyl (C=O) groups excluding carboxylic acids is 1. The van der Waals surface area contributed by atoms with Gasteiger partial charge in [0.15, 0.2) is 0 Å². The molecule has 3 heteroatoms. The Labute approximate surface area is 85.2 Å². The largest absolute Gasteiger partial charge is 0.468 e. The molecule has 0 aromatic heterocycles. The maximum atomic E-state index is 11.3. The van der Waals surface area contributed by atoms with Gasteiger partial charge in [0.2, 0.25) is 0 Å². The fraction of sp³-hybridized carbons (Fsp3) is 0.909. The molecule has 3 nitrogen and oxygen atoms in total. The molecule has 2 fully saturated rings. The number of carbonyl (C=O) groups is 1. The smallest absolute Gasteiger partial charge is 0.322 e. The summed E-state index contributed by atoms with van der Waals surface area (Å²) in [4.78, 5) is 11.3. The fourth-order valence-electron chi connectivity index (χ4n) is 2.87. The molecule has 2 unspecified atom stereocenters. The lowest BCUT2D eigenvalue weighted by molar-refractivity contribution is -0.142. The number of nitrogens with one attached hydrogen (secondary N) is 1. The van der Waals surface area contributed by atoms with Crippen LogP contribution in [0.15, 0.2) is 0 Å². The minimum atomic E-state index is -0.0921. The van der Waals surface area contributed by atoms with Crippen LogP contribution in [-0.4, -0.2) is 25.7 Å². The van der Waals surface area contributed by atoms with Crippen molar-refractivity contribution in [3.8, 4) is 0 Å². The van der Waals surface area contributed by atoms with Gasteiger partial charge in [-0.05, 0) is 24.8 Å². The van der Waals surface area contributed by atoms with Gasteiger partial charge in [0.25, 0.3) is 0 Å². The second-order valence-corrected chi connectivity index (χ2v) is 4.52. The third-order valence-corrected chi connectivity index (χ3v) is 3.72. The summed E-state index contributed by atoms with van der Waals surface area (Å²) in [5.41, 5.74) is 0. The van der Waals surface area contributed by atoms with Crippen LogP contribution >= 0.6 is 0 Å². The molecule has 1 N–H and O–H groups in total. The average molecular weight is 197 g/mol. The number of methoxy groups -OCH3 is 1. The molecule has 1 saturated heterocycles. The third kappa shape index (κ3) is 1.92. The summed E-state index contributed by atoms with van der Waals surface area (Å²) in [6.45, 7) is 1.00. The molecule has 2 rings (SSSR count). The zero-order chi connectivity index (χ0) is 9.97. The summed E-state index contributed by atoms with van der Waals surface area (Å²) >= 11 is 0. The van der Waals surface area contributed by atoms with Crippen molar-refractivity contribution in [2.75, 3.05) is 13.7 Å². The van der Waals surface area contributed by atoms with E-state index in [9.17, 15) is 4.79 Å². The number of hydrogen-bond donors (Lipinski definition) is 1. The first kappa shape index (κ1) is 9.97. The maximum Gasteiger partial charge on any atom is 0.322 e. The van der Waals surface area contributed by atoms with Crippen LogP contribution in [0.2, 0.25) is 0 Å². The number of esters is 1. The van der Waals surface area contributed by atoms with Gasteiger partial charge in [-0.1, -0.05) is 25.7 Å². The molecule has 14 heavy (non-hydrogen) atoms.